The van der Waals surface area contributed by atoms with Crippen molar-refractivity contribution >= 4 is 13.8 Å². The molecule has 0 rings (SSSR count). The highest BCUT2D eigenvalue weighted by molar-refractivity contribution is 7.47. The maximum Gasteiger partial charge on any atom is 0.472 e. The molecule has 0 aromatic rings. The summed E-state index contributed by atoms with van der Waals surface area (Å²) in [6.45, 7) is 3.48. The fraction of sp³-hybridized carbons (Fsp3) is 0.841. The Hall–Kier alpha value is -1.32. The van der Waals surface area contributed by atoms with Crippen molar-refractivity contribution in [2.75, 3.05) is 33.0 Å². The second-order valence-electron chi connectivity index (χ2n) is 14.7. The Kier molecular flexibility index (Phi) is 40.3. The molecule has 0 bridgehead atoms. The lowest BCUT2D eigenvalue weighted by Gasteiger charge is -2.20. The molecule has 54 heavy (non-hydrogen) atoms. The van der Waals surface area contributed by atoms with Crippen molar-refractivity contribution in [1.29, 1.82) is 0 Å². The quantitative estimate of drug-likeness (QED) is 0.0239. The molecule has 0 amide bonds. The lowest BCUT2D eigenvalue weighted by atomic mass is 10.1. The molecule has 3 atom stereocenters. The van der Waals surface area contributed by atoms with Gasteiger partial charge in [-0.1, -0.05) is 153 Å². The average Bonchev–Trinajstić information content (AvgIpc) is 3.16. The van der Waals surface area contributed by atoms with Gasteiger partial charge in [-0.2, -0.15) is 0 Å². The van der Waals surface area contributed by atoms with Crippen LogP contribution in [0.5, 0.6) is 0 Å². The van der Waals surface area contributed by atoms with Gasteiger partial charge in [0.1, 0.15) is 12.2 Å². The third kappa shape index (κ3) is 40.3. The van der Waals surface area contributed by atoms with Gasteiger partial charge < -0.3 is 24.6 Å². The normalized spacial score (nSPS) is 14.4. The fourth-order valence-electron chi connectivity index (χ4n) is 5.91. The van der Waals surface area contributed by atoms with E-state index < -0.39 is 39.2 Å². The minimum atomic E-state index is -4.52. The number of aliphatic hydroxyl groups excluding tert-OH is 2. The lowest BCUT2D eigenvalue weighted by molar-refractivity contribution is -0.154. The van der Waals surface area contributed by atoms with Crippen molar-refractivity contribution in [1.82, 2.24) is 0 Å². The topological polar surface area (TPSA) is 132 Å². The maximum atomic E-state index is 12.6. The van der Waals surface area contributed by atoms with E-state index in [0.29, 0.717) is 13.0 Å². The van der Waals surface area contributed by atoms with E-state index in [0.717, 1.165) is 64.2 Å². The Labute approximate surface area is 331 Å². The molecule has 0 heterocycles. The van der Waals surface area contributed by atoms with Crippen LogP contribution in [0.25, 0.3) is 0 Å². The highest BCUT2D eigenvalue weighted by Gasteiger charge is 2.26. The van der Waals surface area contributed by atoms with Crippen LogP contribution >= 0.6 is 7.82 Å². The molecular weight excluding hydrogens is 703 g/mol. The van der Waals surface area contributed by atoms with Gasteiger partial charge in [0.05, 0.1) is 26.4 Å². The number of ether oxygens (including phenoxy) is 2. The van der Waals surface area contributed by atoms with Crippen LogP contribution in [0.15, 0.2) is 36.5 Å². The van der Waals surface area contributed by atoms with Crippen LogP contribution in [-0.2, 0) is 27.9 Å². The SMILES string of the molecule is CCCCCC/C=C\C/C=C\CCCCCCCC(=O)OC(COCCCCCCCC/C=C\CCCCCCCCC)COP(=O)(O)OCC(O)CO. The van der Waals surface area contributed by atoms with E-state index in [1.54, 1.807) is 0 Å². The summed E-state index contributed by atoms with van der Waals surface area (Å²) in [5.41, 5.74) is 0. The minimum Gasteiger partial charge on any atom is -0.457 e. The van der Waals surface area contributed by atoms with Crippen molar-refractivity contribution in [2.45, 2.75) is 206 Å². The number of phosphoric ester groups is 1. The standard InChI is InChI=1S/C44H83O9P/c1-3-5-7-9-11-13-15-17-19-21-23-25-27-29-31-33-35-37-50-40-43(41-52-54(48,49)51-39-42(46)38-45)53-44(47)36-34-32-30-28-26-24-22-20-18-16-14-12-10-8-6-4-2/h14,16,19-22,42-43,45-46H,3-13,15,17-18,23-41H2,1-2H3,(H,48,49)/b16-14-,21-19-,22-20-. The Balaban J connectivity index is 4.20. The zero-order valence-electron chi connectivity index (χ0n) is 34.7. The molecule has 0 aromatic carbocycles. The number of esters is 1. The molecule has 3 N–H and O–H groups in total. The van der Waals surface area contributed by atoms with E-state index >= 15 is 0 Å². The molecule has 0 radical (unpaired) electrons. The van der Waals surface area contributed by atoms with E-state index in [1.807, 2.05) is 0 Å². The molecular formula is C44H83O9P. The number of carbonyl (C=O) groups is 1. The van der Waals surface area contributed by atoms with E-state index in [4.69, 9.17) is 23.6 Å². The van der Waals surface area contributed by atoms with Gasteiger partial charge in [0, 0.05) is 13.0 Å². The summed E-state index contributed by atoms with van der Waals surface area (Å²) in [7, 11) is -4.52. The summed E-state index contributed by atoms with van der Waals surface area (Å²) < 4.78 is 33.4. The van der Waals surface area contributed by atoms with E-state index in [-0.39, 0.29) is 19.6 Å². The minimum absolute atomic E-state index is 0.0401. The Morgan fingerprint density at radius 3 is 1.52 bits per heavy atom. The number of carbonyl (C=O) groups excluding carboxylic acids is 1. The van der Waals surface area contributed by atoms with Crippen LogP contribution < -0.4 is 0 Å². The van der Waals surface area contributed by atoms with Gasteiger partial charge in [-0.15, -0.1) is 0 Å². The van der Waals surface area contributed by atoms with Gasteiger partial charge in [-0.05, 0) is 70.6 Å². The molecule has 3 unspecified atom stereocenters. The molecule has 10 heteroatoms. The summed E-state index contributed by atoms with van der Waals surface area (Å²) in [5, 5.41) is 18.3. The summed E-state index contributed by atoms with van der Waals surface area (Å²) in [5.74, 6) is -0.398. The molecule has 0 aromatic heterocycles. The average molecular weight is 787 g/mol. The van der Waals surface area contributed by atoms with Crippen LogP contribution in [0.3, 0.4) is 0 Å². The van der Waals surface area contributed by atoms with Crippen LogP contribution in [0.4, 0.5) is 0 Å². The van der Waals surface area contributed by atoms with Gasteiger partial charge in [-0.25, -0.2) is 4.57 Å². The van der Waals surface area contributed by atoms with Gasteiger partial charge in [-0.3, -0.25) is 13.8 Å². The number of aliphatic hydroxyl groups is 2. The van der Waals surface area contributed by atoms with Crippen molar-refractivity contribution in [3.05, 3.63) is 36.5 Å². The summed E-state index contributed by atoms with van der Waals surface area (Å²) in [6.07, 6.45) is 43.8. The zero-order chi connectivity index (χ0) is 39.6. The van der Waals surface area contributed by atoms with E-state index in [9.17, 15) is 19.4 Å². The second kappa shape index (κ2) is 41.3. The number of allylic oxidation sites excluding steroid dienone is 6. The Morgan fingerprint density at radius 1 is 0.574 bits per heavy atom. The summed E-state index contributed by atoms with van der Waals surface area (Å²) >= 11 is 0. The van der Waals surface area contributed by atoms with Crippen molar-refractivity contribution in [3.8, 4) is 0 Å². The molecule has 0 saturated carbocycles. The van der Waals surface area contributed by atoms with E-state index in [1.165, 1.54) is 103 Å². The number of hydrogen-bond acceptors (Lipinski definition) is 8. The first-order chi connectivity index (χ1) is 26.3. The lowest BCUT2D eigenvalue weighted by Crippen LogP contribution is -2.29. The van der Waals surface area contributed by atoms with Crippen LogP contribution in [-0.4, -0.2) is 66.3 Å². The van der Waals surface area contributed by atoms with Gasteiger partial charge in [0.15, 0.2) is 0 Å². The van der Waals surface area contributed by atoms with Crippen molar-refractivity contribution < 1.29 is 43.0 Å². The predicted molar refractivity (Wildman–Crippen MR) is 224 cm³/mol. The van der Waals surface area contributed by atoms with Crippen molar-refractivity contribution in [2.24, 2.45) is 0 Å². The number of unbranched alkanes of at least 4 members (excludes halogenated alkanes) is 22. The first-order valence-electron chi connectivity index (χ1n) is 22.0. The molecule has 0 saturated heterocycles. The maximum absolute atomic E-state index is 12.6. The van der Waals surface area contributed by atoms with Gasteiger partial charge >= 0.3 is 13.8 Å². The van der Waals surface area contributed by atoms with E-state index in [2.05, 4.69) is 50.3 Å². The fourth-order valence-corrected chi connectivity index (χ4v) is 6.70. The van der Waals surface area contributed by atoms with Crippen LogP contribution in [0.2, 0.25) is 0 Å². The monoisotopic (exact) mass is 787 g/mol. The molecule has 0 aliphatic heterocycles. The highest BCUT2D eigenvalue weighted by Crippen LogP contribution is 2.43. The third-order valence-electron chi connectivity index (χ3n) is 9.30. The van der Waals surface area contributed by atoms with Gasteiger partial charge in [0.25, 0.3) is 0 Å². The molecule has 0 aliphatic carbocycles. The van der Waals surface area contributed by atoms with Gasteiger partial charge in [0.2, 0.25) is 0 Å². The highest BCUT2D eigenvalue weighted by atomic mass is 31.2. The first kappa shape index (κ1) is 52.7. The molecule has 0 spiro atoms. The molecule has 0 fully saturated rings. The first-order valence-corrected chi connectivity index (χ1v) is 23.5. The smallest absolute Gasteiger partial charge is 0.457 e. The predicted octanol–water partition coefficient (Wildman–Crippen LogP) is 12.0. The number of rotatable bonds is 42. The summed E-state index contributed by atoms with van der Waals surface area (Å²) in [4.78, 5) is 22.6. The van der Waals surface area contributed by atoms with Crippen LogP contribution in [0, 0.1) is 0 Å². The summed E-state index contributed by atoms with van der Waals surface area (Å²) in [6, 6.07) is 0. The second-order valence-corrected chi connectivity index (χ2v) is 16.2. The van der Waals surface area contributed by atoms with Crippen LogP contribution in [0.1, 0.15) is 194 Å². The number of phosphoric acid groups is 1. The third-order valence-corrected chi connectivity index (χ3v) is 10.2. The Morgan fingerprint density at radius 2 is 1.00 bits per heavy atom. The molecule has 9 nitrogen and oxygen atoms in total. The largest absolute Gasteiger partial charge is 0.472 e. The molecule has 318 valence electrons. The molecule has 0 aliphatic rings. The van der Waals surface area contributed by atoms with Crippen molar-refractivity contribution in [3.63, 3.8) is 0 Å². The zero-order valence-corrected chi connectivity index (χ0v) is 35.6. The number of hydrogen-bond donors (Lipinski definition) is 3. The Bertz CT molecular complexity index is 939.